The van der Waals surface area contributed by atoms with Gasteiger partial charge < -0.3 is 9.84 Å². The maximum absolute atomic E-state index is 10.9. The van der Waals surface area contributed by atoms with Gasteiger partial charge in [0, 0.05) is 6.08 Å². The SMILES string of the molecule is COc1cc(C)c(/C(=C/C(=O)O)C(C)C)cc1C. The van der Waals surface area contributed by atoms with E-state index in [0.717, 1.165) is 28.0 Å². The molecule has 0 aromatic heterocycles. The molecule has 0 saturated heterocycles. The summed E-state index contributed by atoms with van der Waals surface area (Å²) in [6, 6.07) is 3.94. The molecule has 0 aliphatic carbocycles. The zero-order valence-electron chi connectivity index (χ0n) is 11.6. The summed E-state index contributed by atoms with van der Waals surface area (Å²) in [5.74, 6) is 0.0776. The minimum absolute atomic E-state index is 0.160. The lowest BCUT2D eigenvalue weighted by Crippen LogP contribution is -2.02. The largest absolute Gasteiger partial charge is 0.496 e. The van der Waals surface area contributed by atoms with Gasteiger partial charge in [-0.1, -0.05) is 13.8 Å². The quantitative estimate of drug-likeness (QED) is 0.830. The van der Waals surface area contributed by atoms with Crippen LogP contribution in [0.4, 0.5) is 0 Å². The molecule has 0 fully saturated rings. The number of carbonyl (C=O) groups is 1. The summed E-state index contributed by atoms with van der Waals surface area (Å²) in [5, 5.41) is 8.95. The van der Waals surface area contributed by atoms with E-state index in [-0.39, 0.29) is 5.92 Å². The van der Waals surface area contributed by atoms with Gasteiger partial charge in [-0.2, -0.15) is 0 Å². The Morgan fingerprint density at radius 2 is 1.89 bits per heavy atom. The molecule has 0 radical (unpaired) electrons. The van der Waals surface area contributed by atoms with Crippen molar-refractivity contribution in [1.82, 2.24) is 0 Å². The molecule has 98 valence electrons. The van der Waals surface area contributed by atoms with Gasteiger partial charge in [0.15, 0.2) is 0 Å². The Bertz CT molecular complexity index is 485. The Morgan fingerprint density at radius 1 is 1.28 bits per heavy atom. The molecule has 18 heavy (non-hydrogen) atoms. The van der Waals surface area contributed by atoms with Crippen LogP contribution in [0.15, 0.2) is 18.2 Å². The molecule has 0 atom stereocenters. The van der Waals surface area contributed by atoms with E-state index >= 15 is 0 Å². The van der Waals surface area contributed by atoms with Crippen LogP contribution in [0, 0.1) is 19.8 Å². The van der Waals surface area contributed by atoms with Crippen LogP contribution in [0.3, 0.4) is 0 Å². The normalized spacial score (nSPS) is 11.8. The molecule has 3 heteroatoms. The Balaban J connectivity index is 3.39. The number of hydrogen-bond acceptors (Lipinski definition) is 2. The average molecular weight is 248 g/mol. The fourth-order valence-electron chi connectivity index (χ4n) is 2.01. The lowest BCUT2D eigenvalue weighted by molar-refractivity contribution is -0.131. The van der Waals surface area contributed by atoms with Crippen molar-refractivity contribution < 1.29 is 14.6 Å². The number of hydrogen-bond donors (Lipinski definition) is 1. The molecular formula is C15H20O3. The number of benzene rings is 1. The Labute approximate surface area is 108 Å². The van der Waals surface area contributed by atoms with Crippen molar-refractivity contribution in [2.24, 2.45) is 5.92 Å². The topological polar surface area (TPSA) is 46.5 Å². The predicted molar refractivity (Wildman–Crippen MR) is 72.9 cm³/mol. The van der Waals surface area contributed by atoms with Crippen LogP contribution in [0.1, 0.15) is 30.5 Å². The second kappa shape index (κ2) is 5.71. The summed E-state index contributed by atoms with van der Waals surface area (Å²) in [6.45, 7) is 7.91. The maximum Gasteiger partial charge on any atom is 0.328 e. The molecule has 1 N–H and O–H groups in total. The van der Waals surface area contributed by atoms with Crippen LogP contribution >= 0.6 is 0 Å². The number of aryl methyl sites for hydroxylation is 2. The number of allylic oxidation sites excluding steroid dienone is 1. The smallest absolute Gasteiger partial charge is 0.328 e. The predicted octanol–water partition coefficient (Wildman–Crippen LogP) is 3.44. The first kappa shape index (κ1) is 14.3. The fraction of sp³-hybridized carbons (Fsp3) is 0.400. The molecule has 3 nitrogen and oxygen atoms in total. The minimum atomic E-state index is -0.911. The van der Waals surface area contributed by atoms with Gasteiger partial charge in [0.05, 0.1) is 7.11 Å². The van der Waals surface area contributed by atoms with E-state index in [1.165, 1.54) is 6.08 Å². The molecule has 0 unspecified atom stereocenters. The van der Waals surface area contributed by atoms with Crippen LogP contribution in [-0.2, 0) is 4.79 Å². The summed E-state index contributed by atoms with van der Waals surface area (Å²) in [7, 11) is 1.64. The monoisotopic (exact) mass is 248 g/mol. The van der Waals surface area contributed by atoms with Gasteiger partial charge in [0.1, 0.15) is 5.75 Å². The van der Waals surface area contributed by atoms with Gasteiger partial charge in [-0.05, 0) is 54.2 Å². The van der Waals surface area contributed by atoms with Gasteiger partial charge in [0.25, 0.3) is 0 Å². The van der Waals surface area contributed by atoms with Gasteiger partial charge in [-0.15, -0.1) is 0 Å². The first-order valence-corrected chi connectivity index (χ1v) is 5.97. The zero-order chi connectivity index (χ0) is 13.9. The lowest BCUT2D eigenvalue weighted by atomic mass is 9.90. The van der Waals surface area contributed by atoms with Crippen LogP contribution in [-0.4, -0.2) is 18.2 Å². The number of carboxylic acids is 1. The van der Waals surface area contributed by atoms with Crippen molar-refractivity contribution >= 4 is 11.5 Å². The Hall–Kier alpha value is -1.77. The molecule has 0 aliphatic rings. The molecule has 0 spiro atoms. The number of methoxy groups -OCH3 is 1. The average Bonchev–Trinajstić information content (AvgIpc) is 2.28. The van der Waals surface area contributed by atoms with Crippen LogP contribution in [0.5, 0.6) is 5.75 Å². The number of carboxylic acid groups (broad SMARTS) is 1. The van der Waals surface area contributed by atoms with Crippen molar-refractivity contribution in [3.8, 4) is 5.75 Å². The van der Waals surface area contributed by atoms with Gasteiger partial charge in [0.2, 0.25) is 0 Å². The van der Waals surface area contributed by atoms with E-state index in [4.69, 9.17) is 9.84 Å². The third-order valence-electron chi connectivity index (χ3n) is 2.95. The summed E-state index contributed by atoms with van der Waals surface area (Å²) < 4.78 is 5.27. The molecule has 0 heterocycles. The van der Waals surface area contributed by atoms with E-state index < -0.39 is 5.97 Å². The number of rotatable bonds is 4. The summed E-state index contributed by atoms with van der Waals surface area (Å²) in [6.07, 6.45) is 1.29. The van der Waals surface area contributed by atoms with Crippen LogP contribution in [0.2, 0.25) is 0 Å². The minimum Gasteiger partial charge on any atom is -0.496 e. The van der Waals surface area contributed by atoms with E-state index in [0.29, 0.717) is 0 Å². The van der Waals surface area contributed by atoms with Gasteiger partial charge >= 0.3 is 5.97 Å². The molecule has 0 bridgehead atoms. The van der Waals surface area contributed by atoms with E-state index in [2.05, 4.69) is 0 Å². The summed E-state index contributed by atoms with van der Waals surface area (Å²) in [4.78, 5) is 10.9. The first-order chi connectivity index (χ1) is 8.36. The second-order valence-electron chi connectivity index (χ2n) is 4.73. The van der Waals surface area contributed by atoms with Crippen molar-refractivity contribution in [3.05, 3.63) is 34.9 Å². The zero-order valence-corrected chi connectivity index (χ0v) is 11.6. The van der Waals surface area contributed by atoms with Gasteiger partial charge in [-0.25, -0.2) is 4.79 Å². The van der Waals surface area contributed by atoms with Crippen molar-refractivity contribution in [1.29, 1.82) is 0 Å². The highest BCUT2D eigenvalue weighted by Crippen LogP contribution is 2.30. The molecule has 0 saturated carbocycles. The standard InChI is InChI=1S/C15H20O3/c1-9(2)12(8-15(16)17)13-6-11(4)14(18-5)7-10(13)3/h6-9H,1-5H3,(H,16,17)/b12-8+. The highest BCUT2D eigenvalue weighted by molar-refractivity contribution is 5.91. The molecule has 1 rings (SSSR count). The fourth-order valence-corrected chi connectivity index (χ4v) is 2.01. The first-order valence-electron chi connectivity index (χ1n) is 5.97. The molecule has 0 aliphatic heterocycles. The van der Waals surface area contributed by atoms with E-state index in [1.807, 2.05) is 39.8 Å². The van der Waals surface area contributed by atoms with Crippen LogP contribution in [0.25, 0.3) is 5.57 Å². The third-order valence-corrected chi connectivity index (χ3v) is 2.95. The lowest BCUT2D eigenvalue weighted by Gasteiger charge is -2.16. The van der Waals surface area contributed by atoms with E-state index in [1.54, 1.807) is 7.11 Å². The Kier molecular flexibility index (Phi) is 4.54. The third kappa shape index (κ3) is 3.13. The summed E-state index contributed by atoms with van der Waals surface area (Å²) >= 11 is 0. The molecular weight excluding hydrogens is 228 g/mol. The Morgan fingerprint density at radius 3 is 2.33 bits per heavy atom. The molecule has 1 aromatic carbocycles. The maximum atomic E-state index is 10.9. The van der Waals surface area contributed by atoms with Gasteiger partial charge in [-0.3, -0.25) is 0 Å². The highest BCUT2D eigenvalue weighted by atomic mass is 16.5. The molecule has 0 amide bonds. The van der Waals surface area contributed by atoms with Crippen LogP contribution < -0.4 is 4.74 Å². The number of ether oxygens (including phenoxy) is 1. The molecule has 1 aromatic rings. The van der Waals surface area contributed by atoms with E-state index in [9.17, 15) is 4.79 Å². The van der Waals surface area contributed by atoms with Crippen molar-refractivity contribution in [2.75, 3.05) is 7.11 Å². The number of aliphatic carboxylic acids is 1. The second-order valence-corrected chi connectivity index (χ2v) is 4.73. The van der Waals surface area contributed by atoms with Crippen molar-refractivity contribution in [2.45, 2.75) is 27.7 Å². The van der Waals surface area contributed by atoms with Crippen molar-refractivity contribution in [3.63, 3.8) is 0 Å². The highest BCUT2D eigenvalue weighted by Gasteiger charge is 2.13. The summed E-state index contributed by atoms with van der Waals surface area (Å²) in [5.41, 5.74) is 3.85.